The number of anilines is 1. The lowest BCUT2D eigenvalue weighted by Crippen LogP contribution is -2.14. The highest BCUT2D eigenvalue weighted by Gasteiger charge is 2.13. The number of rotatable bonds is 3. The Morgan fingerprint density at radius 2 is 2.00 bits per heavy atom. The minimum Gasteiger partial charge on any atom is -0.321 e. The van der Waals surface area contributed by atoms with Crippen molar-refractivity contribution in [2.75, 3.05) is 5.32 Å². The van der Waals surface area contributed by atoms with Gasteiger partial charge in [0.1, 0.15) is 0 Å². The third-order valence-corrected chi connectivity index (χ3v) is 3.59. The van der Waals surface area contributed by atoms with Gasteiger partial charge in [-0.1, -0.05) is 11.6 Å². The normalized spacial score (nSPS) is 11.1. The molecule has 0 fully saturated rings. The van der Waals surface area contributed by atoms with Crippen LogP contribution in [-0.4, -0.2) is 24.5 Å². The number of amides is 1. The molecule has 1 heterocycles. The molecular formula is C11H9ClN4O3S. The first-order valence-corrected chi connectivity index (χ1v) is 7.21. The first-order chi connectivity index (χ1) is 9.38. The number of nitrogens with two attached hydrogens (primary N) is 1. The molecule has 0 spiro atoms. The second-order valence-electron chi connectivity index (χ2n) is 3.77. The SMILES string of the molecule is NS(=O)(=O)c1ccc(NC(=O)c2ccnnc2)c(Cl)c1. The second kappa shape index (κ2) is 5.53. The van der Waals surface area contributed by atoms with Gasteiger partial charge in [0.25, 0.3) is 5.91 Å². The van der Waals surface area contributed by atoms with E-state index in [0.717, 1.165) is 6.07 Å². The quantitative estimate of drug-likeness (QED) is 0.878. The molecule has 3 N–H and O–H groups in total. The van der Waals surface area contributed by atoms with Crippen molar-refractivity contribution in [1.29, 1.82) is 0 Å². The number of carbonyl (C=O) groups excluding carboxylic acids is 1. The minimum atomic E-state index is -3.84. The highest BCUT2D eigenvalue weighted by molar-refractivity contribution is 7.89. The predicted octanol–water partition coefficient (Wildman–Crippen LogP) is 1.03. The Hall–Kier alpha value is -2.03. The lowest BCUT2D eigenvalue weighted by Gasteiger charge is -2.08. The smallest absolute Gasteiger partial charge is 0.257 e. The number of benzene rings is 1. The number of aromatic nitrogens is 2. The first kappa shape index (κ1) is 14.4. The number of sulfonamides is 1. The molecular weight excluding hydrogens is 304 g/mol. The fraction of sp³-hybridized carbons (Fsp3) is 0. The zero-order chi connectivity index (χ0) is 14.8. The average Bonchev–Trinajstić information content (AvgIpc) is 2.41. The zero-order valence-electron chi connectivity index (χ0n) is 9.95. The number of nitrogens with zero attached hydrogens (tertiary/aromatic N) is 2. The van der Waals surface area contributed by atoms with Crippen molar-refractivity contribution in [3.8, 4) is 0 Å². The van der Waals surface area contributed by atoms with Crippen LogP contribution in [0.4, 0.5) is 5.69 Å². The van der Waals surface area contributed by atoms with Gasteiger partial charge in [0.15, 0.2) is 0 Å². The van der Waals surface area contributed by atoms with Crippen molar-refractivity contribution < 1.29 is 13.2 Å². The molecule has 1 amide bonds. The van der Waals surface area contributed by atoms with E-state index in [9.17, 15) is 13.2 Å². The third kappa shape index (κ3) is 3.29. The lowest BCUT2D eigenvalue weighted by atomic mass is 10.2. The fourth-order valence-electron chi connectivity index (χ4n) is 1.39. The molecule has 7 nitrogen and oxygen atoms in total. The van der Waals surface area contributed by atoms with Crippen molar-refractivity contribution in [3.05, 3.63) is 47.2 Å². The fourth-order valence-corrected chi connectivity index (χ4v) is 2.23. The van der Waals surface area contributed by atoms with Crippen LogP contribution in [0.25, 0.3) is 0 Å². The predicted molar refractivity (Wildman–Crippen MR) is 72.8 cm³/mol. The minimum absolute atomic E-state index is 0.0619. The Balaban J connectivity index is 2.25. The van der Waals surface area contributed by atoms with Crippen molar-refractivity contribution in [2.45, 2.75) is 4.90 Å². The highest BCUT2D eigenvalue weighted by atomic mass is 35.5. The van der Waals surface area contributed by atoms with Gasteiger partial charge < -0.3 is 5.32 Å². The van der Waals surface area contributed by atoms with Crippen LogP contribution in [0.1, 0.15) is 10.4 Å². The second-order valence-corrected chi connectivity index (χ2v) is 5.74. The maximum atomic E-state index is 11.9. The van der Waals surface area contributed by atoms with E-state index < -0.39 is 15.9 Å². The van der Waals surface area contributed by atoms with E-state index in [2.05, 4.69) is 15.5 Å². The van der Waals surface area contributed by atoms with Gasteiger partial charge in [0.05, 0.1) is 33.6 Å². The molecule has 0 aliphatic heterocycles. The lowest BCUT2D eigenvalue weighted by molar-refractivity contribution is 0.102. The van der Waals surface area contributed by atoms with Crippen LogP contribution in [0.15, 0.2) is 41.6 Å². The molecule has 0 saturated carbocycles. The summed E-state index contributed by atoms with van der Waals surface area (Å²) in [6.07, 6.45) is 2.67. The number of carbonyl (C=O) groups is 1. The van der Waals surface area contributed by atoms with Crippen LogP contribution in [0.5, 0.6) is 0 Å². The molecule has 20 heavy (non-hydrogen) atoms. The number of hydrogen-bond donors (Lipinski definition) is 2. The number of hydrogen-bond acceptors (Lipinski definition) is 5. The first-order valence-electron chi connectivity index (χ1n) is 5.28. The standard InChI is InChI=1S/C11H9ClN4O3S/c12-9-5-8(20(13,18)19)1-2-10(9)16-11(17)7-3-4-14-15-6-7/h1-6H,(H,16,17)(H2,13,18,19). The molecule has 2 rings (SSSR count). The summed E-state index contributed by atoms with van der Waals surface area (Å²) in [5, 5.41) is 14.7. The van der Waals surface area contributed by atoms with Crippen molar-refractivity contribution in [1.82, 2.24) is 10.2 Å². The molecule has 9 heteroatoms. The van der Waals surface area contributed by atoms with Crippen LogP contribution in [-0.2, 0) is 10.0 Å². The van der Waals surface area contributed by atoms with Gasteiger partial charge in [-0.2, -0.15) is 10.2 Å². The average molecular weight is 313 g/mol. The Labute approximate surface area is 119 Å². The summed E-state index contributed by atoms with van der Waals surface area (Å²) >= 11 is 5.90. The van der Waals surface area contributed by atoms with Crippen molar-refractivity contribution in [3.63, 3.8) is 0 Å². The van der Waals surface area contributed by atoms with E-state index in [1.807, 2.05) is 0 Å². The van der Waals surface area contributed by atoms with E-state index in [-0.39, 0.29) is 15.6 Å². The van der Waals surface area contributed by atoms with Crippen LogP contribution < -0.4 is 10.5 Å². The van der Waals surface area contributed by atoms with E-state index in [1.165, 1.54) is 30.6 Å². The Morgan fingerprint density at radius 3 is 2.55 bits per heavy atom. The summed E-state index contributed by atoms with van der Waals surface area (Å²) in [4.78, 5) is 11.7. The topological polar surface area (TPSA) is 115 Å². The number of halogens is 1. The van der Waals surface area contributed by atoms with Crippen molar-refractivity contribution >= 4 is 33.2 Å². The van der Waals surface area contributed by atoms with Gasteiger partial charge in [-0.05, 0) is 24.3 Å². The molecule has 0 unspecified atom stereocenters. The number of primary sulfonamides is 1. The molecule has 1 aromatic carbocycles. The van der Waals surface area contributed by atoms with Crippen LogP contribution >= 0.6 is 11.6 Å². The summed E-state index contributed by atoms with van der Waals surface area (Å²) in [6.45, 7) is 0. The van der Waals surface area contributed by atoms with E-state index in [1.54, 1.807) is 0 Å². The third-order valence-electron chi connectivity index (χ3n) is 2.36. The van der Waals surface area contributed by atoms with Gasteiger partial charge in [-0.15, -0.1) is 0 Å². The van der Waals surface area contributed by atoms with Gasteiger partial charge >= 0.3 is 0 Å². The summed E-state index contributed by atoms with van der Waals surface area (Å²) in [6, 6.07) is 5.25. The molecule has 0 saturated heterocycles. The molecule has 0 atom stereocenters. The van der Waals surface area contributed by atoms with Crippen LogP contribution in [0.2, 0.25) is 5.02 Å². The van der Waals surface area contributed by atoms with Gasteiger partial charge in [-0.3, -0.25) is 4.79 Å². The summed E-state index contributed by atoms with van der Waals surface area (Å²) in [5.74, 6) is -0.440. The molecule has 0 aliphatic carbocycles. The maximum absolute atomic E-state index is 11.9. The monoisotopic (exact) mass is 312 g/mol. The number of nitrogens with one attached hydrogen (secondary N) is 1. The molecule has 2 aromatic rings. The largest absolute Gasteiger partial charge is 0.321 e. The van der Waals surface area contributed by atoms with Gasteiger partial charge in [0, 0.05) is 0 Å². The van der Waals surface area contributed by atoms with Crippen LogP contribution in [0.3, 0.4) is 0 Å². The van der Waals surface area contributed by atoms with Crippen molar-refractivity contribution in [2.24, 2.45) is 5.14 Å². The maximum Gasteiger partial charge on any atom is 0.257 e. The summed E-state index contributed by atoms with van der Waals surface area (Å²) in [7, 11) is -3.84. The Morgan fingerprint density at radius 1 is 1.25 bits per heavy atom. The zero-order valence-corrected chi connectivity index (χ0v) is 11.5. The van der Waals surface area contributed by atoms with E-state index in [4.69, 9.17) is 16.7 Å². The summed E-state index contributed by atoms with van der Waals surface area (Å²) in [5.41, 5.74) is 0.562. The summed E-state index contributed by atoms with van der Waals surface area (Å²) < 4.78 is 22.3. The highest BCUT2D eigenvalue weighted by Crippen LogP contribution is 2.25. The van der Waals surface area contributed by atoms with E-state index >= 15 is 0 Å². The molecule has 0 radical (unpaired) electrons. The molecule has 104 valence electrons. The van der Waals surface area contributed by atoms with E-state index in [0.29, 0.717) is 5.56 Å². The van der Waals surface area contributed by atoms with Gasteiger partial charge in [0.2, 0.25) is 10.0 Å². The van der Waals surface area contributed by atoms with Crippen LogP contribution in [0, 0.1) is 0 Å². The Bertz CT molecular complexity index is 750. The van der Waals surface area contributed by atoms with Gasteiger partial charge in [-0.25, -0.2) is 13.6 Å². The molecule has 0 bridgehead atoms. The Kier molecular flexibility index (Phi) is 3.98. The molecule has 0 aliphatic rings. The molecule has 1 aromatic heterocycles.